The molecule has 0 fully saturated rings. The lowest BCUT2D eigenvalue weighted by molar-refractivity contribution is -0.114. The Bertz CT molecular complexity index is 1200. The summed E-state index contributed by atoms with van der Waals surface area (Å²) in [5.41, 5.74) is 2.17. The van der Waals surface area contributed by atoms with Gasteiger partial charge in [0, 0.05) is 17.6 Å². The van der Waals surface area contributed by atoms with Gasteiger partial charge in [0.2, 0.25) is 5.91 Å². The van der Waals surface area contributed by atoms with Crippen LogP contribution in [0, 0.1) is 11.3 Å². The molecule has 0 bridgehead atoms. The van der Waals surface area contributed by atoms with Gasteiger partial charge in [-0.05, 0) is 47.5 Å². The van der Waals surface area contributed by atoms with Gasteiger partial charge in [-0.1, -0.05) is 48.0 Å². The monoisotopic (exact) mass is 439 g/mol. The highest BCUT2D eigenvalue weighted by molar-refractivity contribution is 7.92. The Morgan fingerprint density at radius 2 is 1.63 bits per heavy atom. The zero-order chi connectivity index (χ0) is 21.7. The molecule has 2 N–H and O–H groups in total. The molecule has 0 aliphatic heterocycles. The Morgan fingerprint density at radius 1 is 1.00 bits per heavy atom. The first-order valence-electron chi connectivity index (χ1n) is 8.94. The molecule has 6 nitrogen and oxygen atoms in total. The Labute approximate surface area is 180 Å². The molecule has 0 saturated carbocycles. The number of carbonyl (C=O) groups is 1. The van der Waals surface area contributed by atoms with Crippen molar-refractivity contribution in [3.8, 4) is 6.07 Å². The predicted octanol–water partition coefficient (Wildman–Crippen LogP) is 4.75. The van der Waals surface area contributed by atoms with Crippen molar-refractivity contribution in [1.29, 1.82) is 5.26 Å². The molecule has 1 atom stereocenters. The van der Waals surface area contributed by atoms with Gasteiger partial charge in [-0.25, -0.2) is 8.42 Å². The van der Waals surface area contributed by atoms with Crippen LogP contribution >= 0.6 is 11.6 Å². The van der Waals surface area contributed by atoms with Crippen molar-refractivity contribution in [2.75, 3.05) is 10.0 Å². The number of nitriles is 1. The number of benzene rings is 3. The minimum Gasteiger partial charge on any atom is -0.326 e. The summed E-state index contributed by atoms with van der Waals surface area (Å²) < 4.78 is 27.8. The number of anilines is 2. The fourth-order valence-electron chi connectivity index (χ4n) is 2.93. The zero-order valence-electron chi connectivity index (χ0n) is 16.0. The maximum atomic E-state index is 12.6. The van der Waals surface area contributed by atoms with Gasteiger partial charge in [-0.3, -0.25) is 9.52 Å². The number of nitrogens with zero attached hydrogens (tertiary/aromatic N) is 1. The summed E-state index contributed by atoms with van der Waals surface area (Å²) in [4.78, 5) is 11.1. The second-order valence-corrected chi connectivity index (χ2v) is 8.61. The smallest absolute Gasteiger partial charge is 0.261 e. The molecule has 0 heterocycles. The van der Waals surface area contributed by atoms with Crippen LogP contribution in [0.4, 0.5) is 11.4 Å². The topological polar surface area (TPSA) is 99.1 Å². The Kier molecular flexibility index (Phi) is 6.40. The maximum Gasteiger partial charge on any atom is 0.261 e. The van der Waals surface area contributed by atoms with E-state index in [1.165, 1.54) is 37.3 Å². The molecule has 152 valence electrons. The van der Waals surface area contributed by atoms with Gasteiger partial charge in [0.25, 0.3) is 10.0 Å². The van der Waals surface area contributed by atoms with E-state index >= 15 is 0 Å². The maximum absolute atomic E-state index is 12.6. The first kappa shape index (κ1) is 21.4. The average molecular weight is 440 g/mol. The van der Waals surface area contributed by atoms with Gasteiger partial charge in [-0.15, -0.1) is 0 Å². The first-order chi connectivity index (χ1) is 14.3. The quantitative estimate of drug-likeness (QED) is 0.578. The summed E-state index contributed by atoms with van der Waals surface area (Å²) in [6, 6.07) is 21.9. The zero-order valence-corrected chi connectivity index (χ0v) is 17.5. The van der Waals surface area contributed by atoms with Gasteiger partial charge >= 0.3 is 0 Å². The summed E-state index contributed by atoms with van der Waals surface area (Å²) in [6.07, 6.45) is 0. The summed E-state index contributed by atoms with van der Waals surface area (Å²) in [5.74, 6) is -0.810. The molecule has 3 aromatic rings. The van der Waals surface area contributed by atoms with E-state index in [0.717, 1.165) is 5.56 Å². The number of amides is 1. The molecule has 0 spiro atoms. The van der Waals surface area contributed by atoms with E-state index in [0.29, 0.717) is 11.3 Å². The predicted molar refractivity (Wildman–Crippen MR) is 117 cm³/mol. The largest absolute Gasteiger partial charge is 0.326 e. The van der Waals surface area contributed by atoms with Crippen molar-refractivity contribution in [2.45, 2.75) is 17.7 Å². The normalized spacial score (nSPS) is 11.9. The third-order valence-corrected chi connectivity index (χ3v) is 6.04. The van der Waals surface area contributed by atoms with Gasteiger partial charge in [0.15, 0.2) is 0 Å². The van der Waals surface area contributed by atoms with Crippen molar-refractivity contribution < 1.29 is 13.2 Å². The van der Waals surface area contributed by atoms with Crippen LogP contribution in [0.1, 0.15) is 24.0 Å². The lowest BCUT2D eigenvalue weighted by Gasteiger charge is -2.14. The first-order valence-corrected chi connectivity index (χ1v) is 10.8. The van der Waals surface area contributed by atoms with Crippen molar-refractivity contribution >= 4 is 38.9 Å². The Morgan fingerprint density at radius 3 is 2.20 bits per heavy atom. The number of carbonyl (C=O) groups excluding carboxylic acids is 1. The van der Waals surface area contributed by atoms with E-state index in [-0.39, 0.29) is 21.5 Å². The Balaban J connectivity index is 1.83. The lowest BCUT2D eigenvalue weighted by atomic mass is 9.92. The van der Waals surface area contributed by atoms with Crippen LogP contribution in [-0.4, -0.2) is 14.3 Å². The molecule has 0 aliphatic rings. The molecule has 8 heteroatoms. The van der Waals surface area contributed by atoms with Crippen LogP contribution in [-0.2, 0) is 14.8 Å². The molecule has 1 amide bonds. The molecule has 0 radical (unpaired) electrons. The average Bonchev–Trinajstić information content (AvgIpc) is 2.70. The highest BCUT2D eigenvalue weighted by Crippen LogP contribution is 2.32. The van der Waals surface area contributed by atoms with E-state index < -0.39 is 15.9 Å². The molecule has 3 aromatic carbocycles. The van der Waals surface area contributed by atoms with Gasteiger partial charge in [0.1, 0.15) is 0 Å². The summed E-state index contributed by atoms with van der Waals surface area (Å²) in [7, 11) is -3.85. The van der Waals surface area contributed by atoms with Gasteiger partial charge in [-0.2, -0.15) is 5.26 Å². The number of hydrogen-bond acceptors (Lipinski definition) is 4. The third-order valence-electron chi connectivity index (χ3n) is 4.31. The van der Waals surface area contributed by atoms with Crippen LogP contribution in [0.2, 0.25) is 5.02 Å². The number of hydrogen-bond donors (Lipinski definition) is 2. The molecule has 3 rings (SSSR count). The summed E-state index contributed by atoms with van der Waals surface area (Å²) >= 11 is 6.37. The molecule has 30 heavy (non-hydrogen) atoms. The van der Waals surface area contributed by atoms with Crippen LogP contribution in [0.5, 0.6) is 0 Å². The van der Waals surface area contributed by atoms with Crippen molar-refractivity contribution in [1.82, 2.24) is 0 Å². The standard InChI is InChI=1S/C22H18ClN3O3S/c1-15(27)25-17-7-10-19(11-8-17)30(28,29)26-18-9-12-20(22(23)13-18)21(14-24)16-5-3-2-4-6-16/h2-13,21,26H,1H3,(H,25,27)/t21-/m1/s1. The minimum atomic E-state index is -3.85. The minimum absolute atomic E-state index is 0.0380. The lowest BCUT2D eigenvalue weighted by Crippen LogP contribution is -2.13. The van der Waals surface area contributed by atoms with E-state index in [4.69, 9.17) is 11.6 Å². The van der Waals surface area contributed by atoms with Crippen LogP contribution in [0.3, 0.4) is 0 Å². The van der Waals surface area contributed by atoms with E-state index in [2.05, 4.69) is 16.1 Å². The molecular formula is C22H18ClN3O3S. The fraction of sp³-hybridized carbons (Fsp3) is 0.0909. The number of rotatable bonds is 6. The van der Waals surface area contributed by atoms with E-state index in [1.807, 2.05) is 30.3 Å². The van der Waals surface area contributed by atoms with Crippen molar-refractivity contribution in [2.24, 2.45) is 0 Å². The van der Waals surface area contributed by atoms with Gasteiger partial charge < -0.3 is 5.32 Å². The second-order valence-electron chi connectivity index (χ2n) is 6.52. The van der Waals surface area contributed by atoms with Crippen LogP contribution in [0.15, 0.2) is 77.7 Å². The number of nitrogens with one attached hydrogen (secondary N) is 2. The third kappa shape index (κ3) is 4.98. The van der Waals surface area contributed by atoms with Crippen molar-refractivity contribution in [3.05, 3.63) is 88.9 Å². The molecule has 0 unspecified atom stereocenters. The molecule has 0 aromatic heterocycles. The van der Waals surface area contributed by atoms with Crippen LogP contribution in [0.25, 0.3) is 0 Å². The molecule has 0 aliphatic carbocycles. The van der Waals surface area contributed by atoms with E-state index in [1.54, 1.807) is 12.1 Å². The second kappa shape index (κ2) is 8.99. The number of halogens is 1. The van der Waals surface area contributed by atoms with Gasteiger partial charge in [0.05, 0.1) is 22.6 Å². The van der Waals surface area contributed by atoms with Crippen LogP contribution < -0.4 is 10.0 Å². The highest BCUT2D eigenvalue weighted by Gasteiger charge is 2.19. The van der Waals surface area contributed by atoms with Crippen molar-refractivity contribution in [3.63, 3.8) is 0 Å². The SMILES string of the molecule is CC(=O)Nc1ccc(S(=O)(=O)Nc2ccc([C@H](C#N)c3ccccc3)c(Cl)c2)cc1. The molecular weight excluding hydrogens is 422 g/mol. The number of sulfonamides is 1. The summed E-state index contributed by atoms with van der Waals surface area (Å²) in [6.45, 7) is 1.37. The highest BCUT2D eigenvalue weighted by atomic mass is 35.5. The van der Waals surface area contributed by atoms with E-state index in [9.17, 15) is 18.5 Å². The Hall–Kier alpha value is -3.34. The molecule has 0 saturated heterocycles. The summed E-state index contributed by atoms with van der Waals surface area (Å²) in [5, 5.41) is 12.5. The fourth-order valence-corrected chi connectivity index (χ4v) is 4.27.